The number of carboxylic acid groups (broad SMARTS) is 1. The summed E-state index contributed by atoms with van der Waals surface area (Å²) < 4.78 is 5.22. The van der Waals surface area contributed by atoms with Gasteiger partial charge in [0, 0.05) is 6.42 Å². The van der Waals surface area contributed by atoms with Crippen LogP contribution in [0.2, 0.25) is 0 Å². The minimum atomic E-state index is -0.568. The molecule has 0 radical (unpaired) electrons. The number of rotatable bonds is 24. The Balaban J connectivity index is 0. The number of carbonyl (C=O) groups excluding carboxylic acids is 1. The van der Waals surface area contributed by atoms with Crippen molar-refractivity contribution in [2.75, 3.05) is 6.61 Å². The Morgan fingerprint density at radius 2 is 1.17 bits per heavy atom. The van der Waals surface area contributed by atoms with Gasteiger partial charge in [0.2, 0.25) is 0 Å². The maximum absolute atomic E-state index is 11.8. The average molecular weight is 513 g/mol. The van der Waals surface area contributed by atoms with Crippen LogP contribution in [0.5, 0.6) is 0 Å². The van der Waals surface area contributed by atoms with Gasteiger partial charge in [-0.05, 0) is 38.0 Å². The molecule has 0 aromatic heterocycles. The van der Waals surface area contributed by atoms with Gasteiger partial charge >= 0.3 is 11.9 Å². The van der Waals surface area contributed by atoms with Crippen LogP contribution in [0.25, 0.3) is 0 Å². The average Bonchev–Trinajstić information content (AvgIpc) is 2.87. The molecule has 0 amide bonds. The summed E-state index contributed by atoms with van der Waals surface area (Å²) >= 11 is 0. The standard InChI is InChI=1S/2C16H32O2/c1-5-9-10-11-13-16(8-4,15(17)18)14(7-3)12-6-2;1-3-5-7-9-11-13-15-18-16(17)14-12-10-8-6-4-2/h14H,5-13H2,1-4H3,(H,17,18);3-15H2,1-2H3. The van der Waals surface area contributed by atoms with E-state index in [-0.39, 0.29) is 5.97 Å². The van der Waals surface area contributed by atoms with Crippen molar-refractivity contribution in [3.63, 3.8) is 0 Å². The van der Waals surface area contributed by atoms with Crippen molar-refractivity contribution in [2.24, 2.45) is 11.3 Å². The summed E-state index contributed by atoms with van der Waals surface area (Å²) in [6, 6.07) is 0. The molecule has 0 aromatic carbocycles. The number of hydrogen-bond acceptors (Lipinski definition) is 3. The van der Waals surface area contributed by atoms with Gasteiger partial charge in [0.15, 0.2) is 0 Å². The van der Waals surface area contributed by atoms with Crippen molar-refractivity contribution in [1.29, 1.82) is 0 Å². The Kier molecular flexibility index (Phi) is 27.8. The van der Waals surface area contributed by atoms with Gasteiger partial charge in [0.25, 0.3) is 0 Å². The smallest absolute Gasteiger partial charge is 0.309 e. The Hall–Kier alpha value is -1.06. The summed E-state index contributed by atoms with van der Waals surface area (Å²) in [6.45, 7) is 13.6. The van der Waals surface area contributed by atoms with Gasteiger partial charge in [-0.15, -0.1) is 0 Å². The van der Waals surface area contributed by atoms with Crippen LogP contribution in [0, 0.1) is 11.3 Å². The predicted molar refractivity (Wildman–Crippen MR) is 156 cm³/mol. The number of aliphatic carboxylic acids is 1. The topological polar surface area (TPSA) is 63.6 Å². The third-order valence-corrected chi connectivity index (χ3v) is 7.69. The van der Waals surface area contributed by atoms with E-state index >= 15 is 0 Å². The lowest BCUT2D eigenvalue weighted by Crippen LogP contribution is -2.38. The minimum absolute atomic E-state index is 0.0000525. The number of unbranched alkanes of at least 4 members (excludes halogenated alkanes) is 12. The zero-order valence-corrected chi connectivity index (χ0v) is 25.3. The number of esters is 1. The third kappa shape index (κ3) is 19.1. The first kappa shape index (κ1) is 37.1. The lowest BCUT2D eigenvalue weighted by Gasteiger charge is -2.36. The summed E-state index contributed by atoms with van der Waals surface area (Å²) in [5, 5.41) is 9.71. The zero-order chi connectivity index (χ0) is 27.5. The Morgan fingerprint density at radius 3 is 1.64 bits per heavy atom. The molecule has 2 unspecified atom stereocenters. The van der Waals surface area contributed by atoms with Gasteiger partial charge in [-0.2, -0.15) is 0 Å². The molecule has 0 bridgehead atoms. The fraction of sp³-hybridized carbons (Fsp3) is 0.938. The molecule has 2 atom stereocenters. The van der Waals surface area contributed by atoms with Crippen LogP contribution in [0.15, 0.2) is 0 Å². The second kappa shape index (κ2) is 27.0. The van der Waals surface area contributed by atoms with E-state index in [9.17, 15) is 14.7 Å². The Labute approximate surface area is 225 Å². The van der Waals surface area contributed by atoms with Crippen LogP contribution >= 0.6 is 0 Å². The van der Waals surface area contributed by atoms with Gasteiger partial charge in [-0.25, -0.2) is 0 Å². The van der Waals surface area contributed by atoms with E-state index in [1.54, 1.807) is 0 Å². The van der Waals surface area contributed by atoms with E-state index in [0.717, 1.165) is 51.4 Å². The van der Waals surface area contributed by atoms with Crippen LogP contribution in [-0.4, -0.2) is 23.7 Å². The Bertz CT molecular complexity index is 491. The highest BCUT2D eigenvalue weighted by Gasteiger charge is 2.42. The maximum Gasteiger partial charge on any atom is 0.309 e. The largest absolute Gasteiger partial charge is 0.481 e. The molecule has 0 fully saturated rings. The second-order valence-electron chi connectivity index (χ2n) is 10.7. The van der Waals surface area contributed by atoms with Crippen molar-refractivity contribution >= 4 is 11.9 Å². The molecule has 0 aliphatic rings. The molecule has 0 saturated carbocycles. The minimum Gasteiger partial charge on any atom is -0.481 e. The molecule has 0 saturated heterocycles. The van der Waals surface area contributed by atoms with E-state index in [1.807, 2.05) is 6.92 Å². The first-order chi connectivity index (χ1) is 17.4. The zero-order valence-electron chi connectivity index (χ0n) is 25.3. The van der Waals surface area contributed by atoms with Crippen LogP contribution < -0.4 is 0 Å². The van der Waals surface area contributed by atoms with Crippen molar-refractivity contribution in [3.8, 4) is 0 Å². The van der Waals surface area contributed by atoms with E-state index < -0.39 is 11.4 Å². The van der Waals surface area contributed by atoms with Crippen molar-refractivity contribution in [2.45, 2.75) is 176 Å². The summed E-state index contributed by atoms with van der Waals surface area (Å²) in [6.07, 6.45) is 23.4. The van der Waals surface area contributed by atoms with Crippen LogP contribution in [0.4, 0.5) is 0 Å². The molecule has 4 nitrogen and oxygen atoms in total. The van der Waals surface area contributed by atoms with Gasteiger partial charge in [-0.1, -0.05) is 138 Å². The normalized spacial score (nSPS) is 13.4. The number of hydrogen-bond donors (Lipinski definition) is 1. The highest BCUT2D eigenvalue weighted by atomic mass is 16.5. The van der Waals surface area contributed by atoms with Crippen LogP contribution in [0.3, 0.4) is 0 Å². The number of carboxylic acids is 1. The summed E-state index contributed by atoms with van der Waals surface area (Å²) in [7, 11) is 0. The van der Waals surface area contributed by atoms with Crippen molar-refractivity contribution in [1.82, 2.24) is 0 Å². The van der Waals surface area contributed by atoms with E-state index in [2.05, 4.69) is 34.6 Å². The lowest BCUT2D eigenvalue weighted by atomic mass is 9.67. The summed E-state index contributed by atoms with van der Waals surface area (Å²) in [5.41, 5.74) is -0.474. The summed E-state index contributed by atoms with van der Waals surface area (Å²) in [4.78, 5) is 23.2. The maximum atomic E-state index is 11.8. The van der Waals surface area contributed by atoms with Crippen LogP contribution in [0.1, 0.15) is 176 Å². The first-order valence-corrected chi connectivity index (χ1v) is 15.8. The SMILES string of the molecule is CCCCCCC(CC)(C(=O)O)C(CC)CCC.CCCCCCCCOC(=O)CCCCCCC. The van der Waals surface area contributed by atoms with Gasteiger partial charge in [-0.3, -0.25) is 9.59 Å². The highest BCUT2D eigenvalue weighted by Crippen LogP contribution is 2.42. The molecule has 4 heteroatoms. The first-order valence-electron chi connectivity index (χ1n) is 15.8. The highest BCUT2D eigenvalue weighted by molar-refractivity contribution is 5.75. The molecule has 0 aromatic rings. The Morgan fingerprint density at radius 1 is 0.667 bits per heavy atom. The number of carbonyl (C=O) groups is 2. The van der Waals surface area contributed by atoms with Crippen molar-refractivity contribution < 1.29 is 19.4 Å². The predicted octanol–water partition coefficient (Wildman–Crippen LogP) is 10.5. The van der Waals surface area contributed by atoms with Crippen molar-refractivity contribution in [3.05, 3.63) is 0 Å². The molecule has 0 spiro atoms. The van der Waals surface area contributed by atoms with E-state index in [1.165, 1.54) is 77.0 Å². The molecular formula is C32H64O4. The van der Waals surface area contributed by atoms with Gasteiger partial charge < -0.3 is 9.84 Å². The molecule has 216 valence electrons. The van der Waals surface area contributed by atoms with Crippen LogP contribution in [-0.2, 0) is 14.3 Å². The van der Waals surface area contributed by atoms with E-state index in [0.29, 0.717) is 18.9 Å². The molecule has 0 aliphatic heterocycles. The van der Waals surface area contributed by atoms with E-state index in [4.69, 9.17) is 4.74 Å². The lowest BCUT2D eigenvalue weighted by molar-refractivity contribution is -0.154. The quantitative estimate of drug-likeness (QED) is 0.103. The monoisotopic (exact) mass is 512 g/mol. The van der Waals surface area contributed by atoms with Gasteiger partial charge in [0.1, 0.15) is 0 Å². The second-order valence-corrected chi connectivity index (χ2v) is 10.7. The molecular weight excluding hydrogens is 448 g/mol. The number of ether oxygens (including phenoxy) is 1. The summed E-state index contributed by atoms with van der Waals surface area (Å²) in [5.74, 6) is -0.228. The molecule has 1 N–H and O–H groups in total. The fourth-order valence-electron chi connectivity index (χ4n) is 5.20. The molecule has 36 heavy (non-hydrogen) atoms. The third-order valence-electron chi connectivity index (χ3n) is 7.69. The molecule has 0 aliphatic carbocycles. The van der Waals surface area contributed by atoms with Gasteiger partial charge in [0.05, 0.1) is 12.0 Å². The fourth-order valence-corrected chi connectivity index (χ4v) is 5.20. The molecule has 0 rings (SSSR count). The molecule has 0 heterocycles.